The number of rotatable bonds is 4. The highest BCUT2D eigenvalue weighted by Crippen LogP contribution is 2.52. The first-order valence-corrected chi connectivity index (χ1v) is 18.3. The normalized spacial score (nSPS) is 13.3. The Morgan fingerprint density at radius 3 is 1.85 bits per heavy atom. The second kappa shape index (κ2) is 10.8. The Kier molecular flexibility index (Phi) is 6.08. The van der Waals surface area contributed by atoms with Gasteiger partial charge in [-0.1, -0.05) is 147 Å². The maximum atomic E-state index is 2.46. The molecule has 244 valence electrons. The van der Waals surface area contributed by atoms with Crippen molar-refractivity contribution in [3.8, 4) is 44.5 Å². The summed E-state index contributed by atoms with van der Waals surface area (Å²) >= 11 is 0. The predicted molar refractivity (Wildman–Crippen MR) is 221 cm³/mol. The molecule has 9 aromatic rings. The summed E-state index contributed by atoms with van der Waals surface area (Å²) in [5.74, 6) is 0. The highest BCUT2D eigenvalue weighted by Gasteiger charge is 2.36. The van der Waals surface area contributed by atoms with Crippen molar-refractivity contribution in [1.82, 2.24) is 0 Å². The van der Waals surface area contributed by atoms with Crippen molar-refractivity contribution >= 4 is 49.4 Å². The van der Waals surface area contributed by atoms with Gasteiger partial charge in [0, 0.05) is 22.5 Å². The van der Waals surface area contributed by atoms with Gasteiger partial charge in [0.15, 0.2) is 0 Å². The quantitative estimate of drug-likeness (QED) is 0.170. The third kappa shape index (κ3) is 4.17. The summed E-state index contributed by atoms with van der Waals surface area (Å²) in [5, 5.41) is 7.76. The van der Waals surface area contributed by atoms with Gasteiger partial charge in [0.1, 0.15) is 0 Å². The van der Waals surface area contributed by atoms with Crippen LogP contribution in [0, 0.1) is 0 Å². The van der Waals surface area contributed by atoms with Crippen LogP contribution in [-0.2, 0) is 5.41 Å². The summed E-state index contributed by atoms with van der Waals surface area (Å²) in [6, 6.07) is 65.5. The van der Waals surface area contributed by atoms with Gasteiger partial charge in [-0.2, -0.15) is 0 Å². The van der Waals surface area contributed by atoms with E-state index in [0.29, 0.717) is 0 Å². The van der Waals surface area contributed by atoms with Gasteiger partial charge in [-0.3, -0.25) is 0 Å². The number of hydrogen-bond donors (Lipinski definition) is 0. The van der Waals surface area contributed by atoms with Gasteiger partial charge in [0.2, 0.25) is 0 Å². The van der Waals surface area contributed by atoms with Crippen LogP contribution in [0.3, 0.4) is 0 Å². The van der Waals surface area contributed by atoms with E-state index in [1.165, 1.54) is 88.0 Å². The Morgan fingerprint density at radius 2 is 0.962 bits per heavy atom. The molecule has 2 aliphatic carbocycles. The minimum absolute atomic E-state index is 0.0973. The smallest absolute Gasteiger partial charge is 0.0468 e. The Morgan fingerprint density at radius 1 is 0.346 bits per heavy atom. The number of fused-ring (bicyclic) bond motifs is 9. The lowest BCUT2D eigenvalue weighted by Gasteiger charge is -2.29. The van der Waals surface area contributed by atoms with Gasteiger partial charge >= 0.3 is 0 Å². The topological polar surface area (TPSA) is 3.24 Å². The summed E-state index contributed by atoms with van der Waals surface area (Å²) < 4.78 is 0. The maximum absolute atomic E-state index is 2.46. The summed E-state index contributed by atoms with van der Waals surface area (Å²) in [5.41, 5.74) is 16.4. The lowest BCUT2D eigenvalue weighted by molar-refractivity contribution is 0.660. The monoisotopic (exact) mass is 661 g/mol. The molecule has 0 heterocycles. The number of hydrogen-bond acceptors (Lipinski definition) is 1. The Balaban J connectivity index is 1.09. The van der Waals surface area contributed by atoms with Crippen molar-refractivity contribution in [3.63, 3.8) is 0 Å². The standard InChI is InChI=1S/C51H35N/c1-51(2)48-19-6-5-16-43(48)44-27-24-39(31-49(44)51)52(38-23-26-42-45-17-8-11-33-12-9-18-46(50(33)45)47(42)30-38)37-14-7-13-34(29-37)35-22-25-41-36(28-35)21-20-32-10-3-4-15-40(32)41/h3-31H,1-2H3. The van der Waals surface area contributed by atoms with Crippen molar-refractivity contribution in [2.24, 2.45) is 0 Å². The van der Waals surface area contributed by atoms with Crippen LogP contribution in [0.5, 0.6) is 0 Å². The van der Waals surface area contributed by atoms with E-state index in [-0.39, 0.29) is 5.41 Å². The fourth-order valence-electron chi connectivity index (χ4n) is 9.21. The van der Waals surface area contributed by atoms with E-state index in [9.17, 15) is 0 Å². The van der Waals surface area contributed by atoms with Crippen molar-refractivity contribution in [3.05, 3.63) is 187 Å². The molecule has 0 radical (unpaired) electrons. The van der Waals surface area contributed by atoms with E-state index in [1.807, 2.05) is 0 Å². The zero-order valence-electron chi connectivity index (χ0n) is 29.2. The van der Waals surface area contributed by atoms with Crippen LogP contribution in [0.4, 0.5) is 17.1 Å². The molecule has 9 aromatic carbocycles. The zero-order chi connectivity index (χ0) is 34.6. The Hall–Kier alpha value is -6.44. The minimum atomic E-state index is -0.0973. The van der Waals surface area contributed by atoms with Crippen LogP contribution in [-0.4, -0.2) is 0 Å². The van der Waals surface area contributed by atoms with Crippen molar-refractivity contribution in [1.29, 1.82) is 0 Å². The van der Waals surface area contributed by atoms with Gasteiger partial charge in [0.25, 0.3) is 0 Å². The fourth-order valence-corrected chi connectivity index (χ4v) is 9.21. The Labute approximate surface area is 304 Å². The highest BCUT2D eigenvalue weighted by molar-refractivity contribution is 6.16. The lowest BCUT2D eigenvalue weighted by Crippen LogP contribution is -2.16. The third-order valence-electron chi connectivity index (χ3n) is 11.8. The molecule has 0 atom stereocenters. The van der Waals surface area contributed by atoms with Gasteiger partial charge in [-0.15, -0.1) is 0 Å². The van der Waals surface area contributed by atoms with Gasteiger partial charge in [-0.05, 0) is 130 Å². The molecule has 0 aromatic heterocycles. The lowest BCUT2D eigenvalue weighted by atomic mass is 9.82. The molecule has 0 saturated carbocycles. The van der Waals surface area contributed by atoms with E-state index in [1.54, 1.807) is 0 Å². The third-order valence-corrected chi connectivity index (χ3v) is 11.8. The molecule has 2 aliphatic rings. The van der Waals surface area contributed by atoms with E-state index >= 15 is 0 Å². The largest absolute Gasteiger partial charge is 0.310 e. The van der Waals surface area contributed by atoms with Crippen molar-refractivity contribution in [2.75, 3.05) is 4.90 Å². The summed E-state index contributed by atoms with van der Waals surface area (Å²) in [4.78, 5) is 2.46. The van der Waals surface area contributed by atoms with Gasteiger partial charge < -0.3 is 4.90 Å². The highest BCUT2D eigenvalue weighted by atomic mass is 15.1. The first-order valence-electron chi connectivity index (χ1n) is 18.3. The molecule has 1 heteroatoms. The van der Waals surface area contributed by atoms with Crippen LogP contribution < -0.4 is 4.90 Å². The van der Waals surface area contributed by atoms with E-state index in [0.717, 1.165) is 17.1 Å². The summed E-state index contributed by atoms with van der Waals surface area (Å²) in [6.45, 7) is 4.73. The minimum Gasteiger partial charge on any atom is -0.310 e. The molecule has 0 unspecified atom stereocenters. The molecule has 1 nitrogen and oxygen atoms in total. The molecule has 0 N–H and O–H groups in total. The molecule has 0 bridgehead atoms. The van der Waals surface area contributed by atoms with E-state index in [2.05, 4.69) is 195 Å². The molecule has 0 saturated heterocycles. The molecule has 0 fully saturated rings. The number of anilines is 3. The maximum Gasteiger partial charge on any atom is 0.0468 e. The van der Waals surface area contributed by atoms with E-state index in [4.69, 9.17) is 0 Å². The number of nitrogens with zero attached hydrogens (tertiary/aromatic N) is 1. The average molecular weight is 662 g/mol. The summed E-state index contributed by atoms with van der Waals surface area (Å²) in [6.07, 6.45) is 0. The second-order valence-electron chi connectivity index (χ2n) is 14.9. The van der Waals surface area contributed by atoms with Crippen LogP contribution in [0.15, 0.2) is 176 Å². The molecule has 0 spiro atoms. The summed E-state index contributed by atoms with van der Waals surface area (Å²) in [7, 11) is 0. The van der Waals surface area contributed by atoms with Crippen LogP contribution in [0.2, 0.25) is 0 Å². The zero-order valence-corrected chi connectivity index (χ0v) is 29.2. The van der Waals surface area contributed by atoms with Crippen LogP contribution in [0.25, 0.3) is 76.8 Å². The predicted octanol–water partition coefficient (Wildman–Crippen LogP) is 14.2. The number of benzene rings is 9. The Bertz CT molecular complexity index is 2940. The fraction of sp³-hybridized carbons (Fsp3) is 0.0588. The van der Waals surface area contributed by atoms with Crippen molar-refractivity contribution in [2.45, 2.75) is 19.3 Å². The van der Waals surface area contributed by atoms with E-state index < -0.39 is 0 Å². The molecule has 0 aliphatic heterocycles. The molecular weight excluding hydrogens is 627 g/mol. The molecular formula is C51H35N. The first-order chi connectivity index (χ1) is 25.5. The molecule has 52 heavy (non-hydrogen) atoms. The first kappa shape index (κ1) is 29.3. The SMILES string of the molecule is CC1(C)c2ccccc2-c2ccc(N(c3cccc(-c4ccc5c(ccc6ccccc65)c4)c3)c3ccc4c(c3)-c3cccc5cccc-4c35)cc21. The van der Waals surface area contributed by atoms with Gasteiger partial charge in [-0.25, -0.2) is 0 Å². The average Bonchev–Trinajstić information content (AvgIpc) is 3.63. The van der Waals surface area contributed by atoms with Crippen LogP contribution >= 0.6 is 0 Å². The van der Waals surface area contributed by atoms with Gasteiger partial charge in [0.05, 0.1) is 0 Å². The van der Waals surface area contributed by atoms with Crippen LogP contribution in [0.1, 0.15) is 25.0 Å². The van der Waals surface area contributed by atoms with Crippen molar-refractivity contribution < 1.29 is 0 Å². The molecule has 0 amide bonds. The second-order valence-corrected chi connectivity index (χ2v) is 14.9. The molecule has 11 rings (SSSR count).